The Morgan fingerprint density at radius 3 is 2.52 bits per heavy atom. The summed E-state index contributed by atoms with van der Waals surface area (Å²) in [5, 5.41) is 23.5. The van der Waals surface area contributed by atoms with E-state index in [-0.39, 0.29) is 11.6 Å². The second-order valence-corrected chi connectivity index (χ2v) is 7.93. The van der Waals surface area contributed by atoms with Crippen molar-refractivity contribution >= 4 is 17.3 Å². The third kappa shape index (κ3) is 5.02. The smallest absolute Gasteiger partial charge is 0.269 e. The first kappa shape index (κ1) is 22.3. The highest BCUT2D eigenvalue weighted by atomic mass is 16.6. The Kier molecular flexibility index (Phi) is 7.24. The molecule has 0 aliphatic heterocycles. The largest absolute Gasteiger partial charge is 0.492 e. The van der Waals surface area contributed by atoms with Gasteiger partial charge in [-0.3, -0.25) is 14.9 Å². The lowest BCUT2D eigenvalue weighted by Crippen LogP contribution is -2.42. The van der Waals surface area contributed by atoms with Gasteiger partial charge in [-0.25, -0.2) is 0 Å². The van der Waals surface area contributed by atoms with Crippen molar-refractivity contribution in [1.82, 2.24) is 0 Å². The van der Waals surface area contributed by atoms with Crippen molar-refractivity contribution in [2.24, 2.45) is 0 Å². The number of hydrogen-bond donors (Lipinski definition) is 1. The summed E-state index contributed by atoms with van der Waals surface area (Å²) in [6, 6.07) is 13.5. The molecule has 0 spiro atoms. The molecule has 0 aromatic heterocycles. The summed E-state index contributed by atoms with van der Waals surface area (Å²) in [6.45, 7) is 2.61. The van der Waals surface area contributed by atoms with Gasteiger partial charge in [-0.1, -0.05) is 44.7 Å². The number of ether oxygens (including phenoxy) is 1. The van der Waals surface area contributed by atoms with E-state index in [0.29, 0.717) is 36.4 Å². The third-order valence-corrected chi connectivity index (χ3v) is 5.89. The zero-order chi connectivity index (χ0) is 22.3. The number of carbonyl (C=O) groups is 1. The maximum Gasteiger partial charge on any atom is 0.269 e. The van der Waals surface area contributed by atoms with Crippen LogP contribution in [0.15, 0.2) is 42.5 Å². The van der Waals surface area contributed by atoms with E-state index in [1.54, 1.807) is 30.3 Å². The summed E-state index contributed by atoms with van der Waals surface area (Å²) in [5.74, 6) is 0.362. The number of rotatable bonds is 8. The van der Waals surface area contributed by atoms with Crippen LogP contribution in [0.25, 0.3) is 0 Å². The number of nitrogens with zero attached hydrogens (tertiary/aromatic N) is 2. The Morgan fingerprint density at radius 1 is 1.19 bits per heavy atom. The number of non-ortho nitro benzene ring substituents is 1. The lowest BCUT2D eigenvalue weighted by Gasteiger charge is -2.36. The van der Waals surface area contributed by atoms with E-state index in [9.17, 15) is 20.2 Å². The molecule has 7 nitrogen and oxygen atoms in total. The quantitative estimate of drug-likeness (QED) is 0.345. The van der Waals surface area contributed by atoms with Crippen molar-refractivity contribution in [3.05, 3.63) is 63.7 Å². The standard InChI is InChI=1S/C24H27N3O4/c1-2-3-15-31-22-12-9-20(16-18(22)17-25)26-23(28)24(13-5-4-6-14-24)19-7-10-21(11-8-19)27(29)30/h7-12,16H,2-6,13-15H2,1H3,(H,26,28). The zero-order valence-electron chi connectivity index (χ0n) is 17.7. The predicted octanol–water partition coefficient (Wildman–Crippen LogP) is 5.49. The van der Waals surface area contributed by atoms with Crippen LogP contribution in [0.3, 0.4) is 0 Å². The number of nitriles is 1. The first-order valence-electron chi connectivity index (χ1n) is 10.7. The molecule has 3 rings (SSSR count). The molecule has 1 N–H and O–H groups in total. The molecule has 0 heterocycles. The van der Waals surface area contributed by atoms with Gasteiger partial charge in [0.05, 0.1) is 22.5 Å². The second kappa shape index (κ2) is 10.1. The first-order chi connectivity index (χ1) is 15.0. The lowest BCUT2D eigenvalue weighted by molar-refractivity contribution is -0.384. The monoisotopic (exact) mass is 421 g/mol. The Bertz CT molecular complexity index is 973. The maximum atomic E-state index is 13.4. The van der Waals surface area contributed by atoms with Crippen molar-refractivity contribution in [2.45, 2.75) is 57.3 Å². The van der Waals surface area contributed by atoms with Crippen LogP contribution >= 0.6 is 0 Å². The summed E-state index contributed by atoms with van der Waals surface area (Å²) < 4.78 is 5.67. The van der Waals surface area contributed by atoms with Crippen LogP contribution < -0.4 is 10.1 Å². The molecular formula is C24H27N3O4. The Morgan fingerprint density at radius 2 is 1.90 bits per heavy atom. The fraction of sp³-hybridized carbons (Fsp3) is 0.417. The van der Waals surface area contributed by atoms with Crippen molar-refractivity contribution in [1.29, 1.82) is 5.26 Å². The Labute approximate surface area is 182 Å². The third-order valence-electron chi connectivity index (χ3n) is 5.89. The van der Waals surface area contributed by atoms with Gasteiger partial charge >= 0.3 is 0 Å². The zero-order valence-corrected chi connectivity index (χ0v) is 17.7. The minimum absolute atomic E-state index is 0.00689. The number of amides is 1. The highest BCUT2D eigenvalue weighted by Crippen LogP contribution is 2.41. The summed E-state index contributed by atoms with van der Waals surface area (Å²) in [6.07, 6.45) is 6.16. The highest BCUT2D eigenvalue weighted by Gasteiger charge is 2.41. The van der Waals surface area contributed by atoms with Crippen LogP contribution in [0.4, 0.5) is 11.4 Å². The minimum atomic E-state index is -0.740. The molecule has 0 atom stereocenters. The van der Waals surface area contributed by atoms with E-state index in [1.807, 2.05) is 0 Å². The fourth-order valence-electron chi connectivity index (χ4n) is 4.10. The number of nitrogens with one attached hydrogen (secondary N) is 1. The number of hydrogen-bond acceptors (Lipinski definition) is 5. The normalized spacial score (nSPS) is 15.0. The van der Waals surface area contributed by atoms with Crippen LogP contribution in [0, 0.1) is 21.4 Å². The van der Waals surface area contributed by atoms with Crippen molar-refractivity contribution in [3.8, 4) is 11.8 Å². The predicted molar refractivity (Wildman–Crippen MR) is 118 cm³/mol. The molecule has 2 aromatic carbocycles. The number of carbonyl (C=O) groups excluding carboxylic acids is 1. The highest BCUT2D eigenvalue weighted by molar-refractivity contribution is 5.99. The molecule has 0 bridgehead atoms. The van der Waals surface area contributed by atoms with Gasteiger partial charge in [0, 0.05) is 17.8 Å². The molecule has 1 fully saturated rings. The van der Waals surface area contributed by atoms with E-state index >= 15 is 0 Å². The van der Waals surface area contributed by atoms with Crippen LogP contribution in [0.1, 0.15) is 63.0 Å². The van der Waals surface area contributed by atoms with E-state index < -0.39 is 10.3 Å². The number of benzene rings is 2. The number of nitro benzene ring substituents is 1. The molecule has 0 radical (unpaired) electrons. The molecular weight excluding hydrogens is 394 g/mol. The first-order valence-corrected chi connectivity index (χ1v) is 10.7. The molecule has 2 aromatic rings. The minimum Gasteiger partial charge on any atom is -0.492 e. The Hall–Kier alpha value is -3.40. The SMILES string of the molecule is CCCCOc1ccc(NC(=O)C2(c3ccc([N+](=O)[O-])cc3)CCCCC2)cc1C#N. The molecule has 1 aliphatic rings. The fourth-order valence-corrected chi connectivity index (χ4v) is 4.10. The van der Waals surface area contributed by atoms with Crippen molar-refractivity contribution in [3.63, 3.8) is 0 Å². The molecule has 1 aliphatic carbocycles. The molecule has 162 valence electrons. The Balaban J connectivity index is 1.84. The van der Waals surface area contributed by atoms with Gasteiger partial charge in [0.25, 0.3) is 5.69 Å². The summed E-state index contributed by atoms with van der Waals surface area (Å²) in [4.78, 5) is 24.0. The van der Waals surface area contributed by atoms with Gasteiger partial charge in [0.1, 0.15) is 11.8 Å². The van der Waals surface area contributed by atoms with Crippen LogP contribution in [0.5, 0.6) is 5.75 Å². The van der Waals surface area contributed by atoms with E-state index in [2.05, 4.69) is 18.3 Å². The molecule has 1 saturated carbocycles. The van der Waals surface area contributed by atoms with Crippen LogP contribution in [-0.2, 0) is 10.2 Å². The maximum absolute atomic E-state index is 13.4. The van der Waals surface area contributed by atoms with Crippen LogP contribution in [0.2, 0.25) is 0 Å². The molecule has 31 heavy (non-hydrogen) atoms. The van der Waals surface area contributed by atoms with Gasteiger partial charge in [0.15, 0.2) is 0 Å². The van der Waals surface area contributed by atoms with Gasteiger partial charge in [-0.2, -0.15) is 5.26 Å². The van der Waals surface area contributed by atoms with Crippen molar-refractivity contribution < 1.29 is 14.5 Å². The average molecular weight is 421 g/mol. The van der Waals surface area contributed by atoms with E-state index in [4.69, 9.17) is 4.74 Å². The van der Waals surface area contributed by atoms with Gasteiger partial charge in [-0.05, 0) is 43.0 Å². The van der Waals surface area contributed by atoms with E-state index in [1.165, 1.54) is 12.1 Å². The van der Waals surface area contributed by atoms with Gasteiger partial charge in [0.2, 0.25) is 5.91 Å². The summed E-state index contributed by atoms with van der Waals surface area (Å²) in [5.41, 5.74) is 0.970. The van der Waals surface area contributed by atoms with Crippen molar-refractivity contribution in [2.75, 3.05) is 11.9 Å². The van der Waals surface area contributed by atoms with Crippen LogP contribution in [-0.4, -0.2) is 17.4 Å². The molecule has 0 saturated heterocycles. The lowest BCUT2D eigenvalue weighted by atomic mass is 9.68. The number of anilines is 1. The number of nitro groups is 1. The van der Waals surface area contributed by atoms with Gasteiger partial charge in [-0.15, -0.1) is 0 Å². The molecule has 7 heteroatoms. The second-order valence-electron chi connectivity index (χ2n) is 7.93. The topological polar surface area (TPSA) is 105 Å². The number of unbranched alkanes of at least 4 members (excludes halogenated alkanes) is 1. The molecule has 0 unspecified atom stereocenters. The summed E-state index contributed by atoms with van der Waals surface area (Å²) >= 11 is 0. The molecule has 1 amide bonds. The average Bonchev–Trinajstić information content (AvgIpc) is 2.80. The van der Waals surface area contributed by atoms with Gasteiger partial charge < -0.3 is 10.1 Å². The van der Waals surface area contributed by atoms with E-state index in [0.717, 1.165) is 37.7 Å². The summed E-state index contributed by atoms with van der Waals surface area (Å²) in [7, 11) is 0.